The first-order chi connectivity index (χ1) is 10.6. The molecule has 2 aromatic carbocycles. The molecule has 0 radical (unpaired) electrons. The Hall–Kier alpha value is -1.94. The molecule has 1 aliphatic heterocycles. The highest BCUT2D eigenvalue weighted by atomic mass is 19.1. The van der Waals surface area contributed by atoms with Gasteiger partial charge >= 0.3 is 0 Å². The molecule has 2 aromatic rings. The summed E-state index contributed by atoms with van der Waals surface area (Å²) < 4.78 is 26.9. The van der Waals surface area contributed by atoms with Gasteiger partial charge in [-0.25, -0.2) is 8.78 Å². The molecular weight excluding hydrogens is 282 g/mol. The van der Waals surface area contributed by atoms with Gasteiger partial charge in [-0.2, -0.15) is 0 Å². The van der Waals surface area contributed by atoms with Crippen molar-refractivity contribution in [2.75, 3.05) is 31.1 Å². The summed E-state index contributed by atoms with van der Waals surface area (Å²) in [5, 5.41) is 0. The standard InChI is InChI=1S/C18H20F2N2/c1-14-2-5-17(6-3-14)22-10-8-21(9-11-22)13-15-12-16(19)4-7-18(15)20/h2-7,12H,8-11,13H2,1H3/p+1. The van der Waals surface area contributed by atoms with Crippen LogP contribution in [-0.4, -0.2) is 26.2 Å². The van der Waals surface area contributed by atoms with Crippen LogP contribution in [0, 0.1) is 18.6 Å². The maximum Gasteiger partial charge on any atom is 0.132 e. The molecule has 0 atom stereocenters. The fourth-order valence-corrected chi connectivity index (χ4v) is 2.96. The minimum atomic E-state index is -0.367. The Kier molecular flexibility index (Phi) is 4.39. The highest BCUT2D eigenvalue weighted by molar-refractivity contribution is 5.47. The lowest BCUT2D eigenvalue weighted by molar-refractivity contribution is -0.914. The summed E-state index contributed by atoms with van der Waals surface area (Å²) in [5.41, 5.74) is 2.97. The van der Waals surface area contributed by atoms with Gasteiger partial charge in [-0.3, -0.25) is 0 Å². The van der Waals surface area contributed by atoms with Crippen molar-refractivity contribution in [1.82, 2.24) is 0 Å². The Balaban J connectivity index is 1.60. The quantitative estimate of drug-likeness (QED) is 0.913. The van der Waals surface area contributed by atoms with Crippen molar-refractivity contribution in [1.29, 1.82) is 0 Å². The number of benzene rings is 2. The second kappa shape index (κ2) is 6.44. The molecule has 0 aliphatic carbocycles. The van der Waals surface area contributed by atoms with Gasteiger partial charge in [0.1, 0.15) is 18.2 Å². The molecule has 116 valence electrons. The van der Waals surface area contributed by atoms with Crippen molar-refractivity contribution in [3.8, 4) is 0 Å². The maximum atomic E-state index is 13.7. The zero-order valence-electron chi connectivity index (χ0n) is 12.8. The normalized spacial score (nSPS) is 16.0. The number of piperazine rings is 1. The Morgan fingerprint density at radius 1 is 1.00 bits per heavy atom. The average molecular weight is 303 g/mol. The van der Waals surface area contributed by atoms with Gasteiger partial charge in [-0.1, -0.05) is 17.7 Å². The molecule has 1 fully saturated rings. The van der Waals surface area contributed by atoms with Crippen LogP contribution >= 0.6 is 0 Å². The monoisotopic (exact) mass is 303 g/mol. The summed E-state index contributed by atoms with van der Waals surface area (Å²) in [6.07, 6.45) is 0. The number of rotatable bonds is 3. The second-order valence-electron chi connectivity index (χ2n) is 5.99. The van der Waals surface area contributed by atoms with E-state index in [0.29, 0.717) is 12.1 Å². The minimum absolute atomic E-state index is 0.310. The first-order valence-corrected chi connectivity index (χ1v) is 7.71. The van der Waals surface area contributed by atoms with E-state index >= 15 is 0 Å². The second-order valence-corrected chi connectivity index (χ2v) is 5.99. The molecule has 4 heteroatoms. The summed E-state index contributed by atoms with van der Waals surface area (Å²) >= 11 is 0. The van der Waals surface area contributed by atoms with Crippen molar-refractivity contribution in [3.63, 3.8) is 0 Å². The first-order valence-electron chi connectivity index (χ1n) is 7.71. The minimum Gasteiger partial charge on any atom is -0.360 e. The fraction of sp³-hybridized carbons (Fsp3) is 0.333. The molecule has 0 aromatic heterocycles. The van der Waals surface area contributed by atoms with Crippen LogP contribution in [0.4, 0.5) is 14.5 Å². The highest BCUT2D eigenvalue weighted by Gasteiger charge is 2.21. The third-order valence-corrected chi connectivity index (χ3v) is 4.32. The van der Waals surface area contributed by atoms with Gasteiger partial charge in [0.25, 0.3) is 0 Å². The molecule has 1 aliphatic rings. The smallest absolute Gasteiger partial charge is 0.132 e. The van der Waals surface area contributed by atoms with E-state index in [2.05, 4.69) is 36.1 Å². The topological polar surface area (TPSA) is 7.68 Å². The maximum absolute atomic E-state index is 13.7. The average Bonchev–Trinajstić information content (AvgIpc) is 2.53. The van der Waals surface area contributed by atoms with E-state index in [0.717, 1.165) is 26.2 Å². The van der Waals surface area contributed by atoms with Gasteiger partial charge in [0, 0.05) is 11.3 Å². The van der Waals surface area contributed by atoms with Crippen molar-refractivity contribution in [3.05, 3.63) is 65.2 Å². The number of nitrogens with zero attached hydrogens (tertiary/aromatic N) is 1. The number of hydrogen-bond acceptors (Lipinski definition) is 1. The third-order valence-electron chi connectivity index (χ3n) is 4.32. The summed E-state index contributed by atoms with van der Waals surface area (Å²) in [7, 11) is 0. The van der Waals surface area contributed by atoms with E-state index < -0.39 is 0 Å². The van der Waals surface area contributed by atoms with Gasteiger partial charge < -0.3 is 9.80 Å². The highest BCUT2D eigenvalue weighted by Crippen LogP contribution is 2.15. The predicted octanol–water partition coefficient (Wildman–Crippen LogP) is 2.18. The molecule has 2 nitrogen and oxygen atoms in total. The van der Waals surface area contributed by atoms with E-state index in [1.807, 2.05) is 0 Å². The van der Waals surface area contributed by atoms with Crippen LogP contribution in [0.15, 0.2) is 42.5 Å². The summed E-state index contributed by atoms with van der Waals surface area (Å²) in [6.45, 7) is 6.38. The fourth-order valence-electron chi connectivity index (χ4n) is 2.96. The zero-order valence-corrected chi connectivity index (χ0v) is 12.8. The van der Waals surface area contributed by atoms with Crippen LogP contribution in [0.1, 0.15) is 11.1 Å². The lowest BCUT2D eigenvalue weighted by Gasteiger charge is -2.33. The van der Waals surface area contributed by atoms with E-state index in [-0.39, 0.29) is 11.6 Å². The van der Waals surface area contributed by atoms with Crippen molar-refractivity contribution < 1.29 is 13.7 Å². The summed E-state index contributed by atoms with van der Waals surface area (Å²) in [5.74, 6) is -0.677. The van der Waals surface area contributed by atoms with Gasteiger partial charge in [-0.15, -0.1) is 0 Å². The molecule has 1 N–H and O–H groups in total. The van der Waals surface area contributed by atoms with Crippen LogP contribution < -0.4 is 9.80 Å². The predicted molar refractivity (Wildman–Crippen MR) is 84.2 cm³/mol. The Morgan fingerprint density at radius 3 is 2.36 bits per heavy atom. The zero-order chi connectivity index (χ0) is 15.5. The largest absolute Gasteiger partial charge is 0.360 e. The molecule has 0 bridgehead atoms. The van der Waals surface area contributed by atoms with Gasteiger partial charge in [-0.05, 0) is 37.3 Å². The van der Waals surface area contributed by atoms with Crippen LogP contribution in [0.5, 0.6) is 0 Å². The molecule has 0 unspecified atom stereocenters. The van der Waals surface area contributed by atoms with E-state index in [1.165, 1.54) is 34.3 Å². The van der Waals surface area contributed by atoms with Crippen LogP contribution in [-0.2, 0) is 6.54 Å². The molecule has 0 spiro atoms. The number of halogens is 2. The molecule has 3 rings (SSSR count). The number of aryl methyl sites for hydroxylation is 1. The third kappa shape index (κ3) is 3.45. The SMILES string of the molecule is Cc1ccc(N2CC[NH+](Cc3cc(F)ccc3F)CC2)cc1. The van der Waals surface area contributed by atoms with Crippen molar-refractivity contribution in [2.45, 2.75) is 13.5 Å². The Labute approximate surface area is 130 Å². The molecule has 0 amide bonds. The Bertz CT molecular complexity index is 632. The van der Waals surface area contributed by atoms with Gasteiger partial charge in [0.15, 0.2) is 0 Å². The van der Waals surface area contributed by atoms with Gasteiger partial charge in [0.05, 0.1) is 26.2 Å². The lowest BCUT2D eigenvalue weighted by atomic mass is 10.1. The van der Waals surface area contributed by atoms with E-state index in [1.54, 1.807) is 0 Å². The Morgan fingerprint density at radius 2 is 1.68 bits per heavy atom. The van der Waals surface area contributed by atoms with E-state index in [4.69, 9.17) is 0 Å². The molecule has 22 heavy (non-hydrogen) atoms. The molecule has 1 heterocycles. The van der Waals surface area contributed by atoms with Crippen LogP contribution in [0.3, 0.4) is 0 Å². The number of quaternary nitrogens is 1. The van der Waals surface area contributed by atoms with E-state index in [9.17, 15) is 8.78 Å². The molecular formula is C18H21F2N2+. The number of hydrogen-bond donors (Lipinski definition) is 1. The first kappa shape index (κ1) is 15.0. The van der Waals surface area contributed by atoms with Crippen molar-refractivity contribution >= 4 is 5.69 Å². The van der Waals surface area contributed by atoms with Crippen LogP contribution in [0.25, 0.3) is 0 Å². The molecule has 1 saturated heterocycles. The van der Waals surface area contributed by atoms with Crippen molar-refractivity contribution in [2.24, 2.45) is 0 Å². The number of anilines is 1. The molecule has 0 saturated carbocycles. The summed E-state index contributed by atoms with van der Waals surface area (Å²) in [6, 6.07) is 12.2. The van der Waals surface area contributed by atoms with Crippen LogP contribution in [0.2, 0.25) is 0 Å². The van der Waals surface area contributed by atoms with Gasteiger partial charge in [0.2, 0.25) is 0 Å². The number of nitrogens with one attached hydrogen (secondary N) is 1. The summed E-state index contributed by atoms with van der Waals surface area (Å²) in [4.78, 5) is 3.65. The lowest BCUT2D eigenvalue weighted by Crippen LogP contribution is -3.13.